The first-order valence-corrected chi connectivity index (χ1v) is 16.6. The molecule has 3 saturated heterocycles. The van der Waals surface area contributed by atoms with Crippen molar-refractivity contribution in [2.45, 2.75) is 77.4 Å². The summed E-state index contributed by atoms with van der Waals surface area (Å²) in [5, 5.41) is 12.0. The minimum absolute atomic E-state index is 0.0786. The Bertz CT molecular complexity index is 1710. The molecule has 1 aromatic heterocycles. The lowest BCUT2D eigenvalue weighted by Crippen LogP contribution is -2.57. The molecule has 3 aliphatic heterocycles. The molecule has 2 atom stereocenters. The summed E-state index contributed by atoms with van der Waals surface area (Å²) in [6.45, 7) is 13.1. The molecular formula is C36H45FN6O5. The summed E-state index contributed by atoms with van der Waals surface area (Å²) >= 11 is 0. The molecule has 2 bridgehead atoms. The van der Waals surface area contributed by atoms with Crippen LogP contribution in [-0.4, -0.2) is 96.2 Å². The van der Waals surface area contributed by atoms with Crippen LogP contribution in [0.1, 0.15) is 62.9 Å². The number of carbonyl (C=O) groups is 1. The van der Waals surface area contributed by atoms with E-state index < -0.39 is 18.4 Å². The summed E-state index contributed by atoms with van der Waals surface area (Å²) in [6.07, 6.45) is 3.29. The van der Waals surface area contributed by atoms with Gasteiger partial charge in [-0.3, -0.25) is 9.89 Å². The highest BCUT2D eigenvalue weighted by atomic mass is 19.1. The van der Waals surface area contributed by atoms with E-state index in [-0.39, 0.29) is 30.7 Å². The fraction of sp³-hybridized carbons (Fsp3) is 0.500. The summed E-state index contributed by atoms with van der Waals surface area (Å²) in [5.74, 6) is 1.53. The Morgan fingerprint density at radius 1 is 1.12 bits per heavy atom. The number of methoxy groups -OCH3 is 1. The number of aliphatic hydroxyl groups is 1. The first kappa shape index (κ1) is 33.6. The summed E-state index contributed by atoms with van der Waals surface area (Å²) in [5.41, 5.74) is 2.48. The van der Waals surface area contributed by atoms with Crippen LogP contribution < -0.4 is 14.5 Å². The number of nitrogens with zero attached hydrogens (tertiary/aromatic N) is 6. The summed E-state index contributed by atoms with van der Waals surface area (Å²) in [4.78, 5) is 33.3. The fourth-order valence-corrected chi connectivity index (χ4v) is 6.84. The van der Waals surface area contributed by atoms with Crippen molar-refractivity contribution in [1.82, 2.24) is 14.9 Å². The molecule has 11 nitrogen and oxygen atoms in total. The maximum atomic E-state index is 14.8. The molecule has 256 valence electrons. The Morgan fingerprint density at radius 2 is 1.85 bits per heavy atom. The van der Waals surface area contributed by atoms with E-state index in [9.17, 15) is 14.3 Å². The Labute approximate surface area is 281 Å². The van der Waals surface area contributed by atoms with Gasteiger partial charge in [0.25, 0.3) is 0 Å². The van der Waals surface area contributed by atoms with E-state index in [2.05, 4.69) is 29.5 Å². The second-order valence-corrected chi connectivity index (χ2v) is 13.7. The minimum atomic E-state index is -0.833. The number of hydrogen-bond donors (Lipinski definition) is 1. The van der Waals surface area contributed by atoms with Crippen LogP contribution in [-0.2, 0) is 22.6 Å². The molecule has 2 aromatic carbocycles. The van der Waals surface area contributed by atoms with Crippen LogP contribution in [0.25, 0.3) is 16.5 Å². The average Bonchev–Trinajstić information content (AvgIpc) is 3.32. The number of ether oxygens (including phenoxy) is 3. The van der Waals surface area contributed by atoms with Gasteiger partial charge >= 0.3 is 6.09 Å². The molecule has 4 heterocycles. The van der Waals surface area contributed by atoms with Crippen LogP contribution in [0.2, 0.25) is 0 Å². The third-order valence-electron chi connectivity index (χ3n) is 9.07. The molecule has 48 heavy (non-hydrogen) atoms. The van der Waals surface area contributed by atoms with Gasteiger partial charge < -0.3 is 29.1 Å². The highest BCUT2D eigenvalue weighted by Crippen LogP contribution is 2.37. The SMILES string of the molecule is C=C(N=Cc1c(CF)nc(N2CC(O)C2)nc1N1CC2CCC(C1)N2C(=O)OC(C)(C)C)c1cc(OCOC)cc2cccc(CC)c12. The molecule has 6 rings (SSSR count). The maximum absolute atomic E-state index is 14.8. The van der Waals surface area contributed by atoms with Crippen LogP contribution in [0.5, 0.6) is 5.75 Å². The zero-order chi connectivity index (χ0) is 34.2. The first-order chi connectivity index (χ1) is 23.0. The number of halogens is 1. The van der Waals surface area contributed by atoms with Crippen molar-refractivity contribution in [2.24, 2.45) is 4.99 Å². The molecule has 0 aliphatic carbocycles. The number of aromatic nitrogens is 2. The molecule has 1 amide bonds. The molecule has 1 N–H and O–H groups in total. The van der Waals surface area contributed by atoms with E-state index in [1.165, 1.54) is 0 Å². The van der Waals surface area contributed by atoms with Gasteiger partial charge in [0.1, 0.15) is 23.8 Å². The van der Waals surface area contributed by atoms with Crippen LogP contribution in [0, 0.1) is 0 Å². The van der Waals surface area contributed by atoms with Gasteiger partial charge in [0.2, 0.25) is 5.95 Å². The van der Waals surface area contributed by atoms with E-state index in [4.69, 9.17) is 24.2 Å². The number of fused-ring (bicyclic) bond motifs is 3. The predicted octanol–water partition coefficient (Wildman–Crippen LogP) is 5.50. The number of amides is 1. The Hall–Kier alpha value is -4.29. The topological polar surface area (TPSA) is 113 Å². The largest absolute Gasteiger partial charge is 0.468 e. The minimum Gasteiger partial charge on any atom is -0.468 e. The maximum Gasteiger partial charge on any atom is 0.410 e. The zero-order valence-electron chi connectivity index (χ0n) is 28.4. The van der Waals surface area contributed by atoms with Gasteiger partial charge in [-0.25, -0.2) is 14.2 Å². The highest BCUT2D eigenvalue weighted by Gasteiger charge is 2.45. The molecule has 0 saturated carbocycles. The van der Waals surface area contributed by atoms with Crippen LogP contribution in [0.4, 0.5) is 21.0 Å². The number of β-amino-alcohol motifs (C(OH)–C–C–N with tert-alkyl or cyclic N) is 1. The van der Waals surface area contributed by atoms with Crippen LogP contribution >= 0.6 is 0 Å². The summed E-state index contributed by atoms with van der Waals surface area (Å²) in [7, 11) is 1.57. The standard InChI is InChI=1S/C36H45FN6O5/c1-7-23-9-8-10-24-13-28(47-21-46-6)14-29(32(23)24)22(2)38-16-30-31(15-37)39-34(42-19-27(44)20-42)40-33(30)41-17-25-11-12-26(18-41)43(25)35(45)48-36(3,4)5/h8-10,13-14,16,25-27,44H,2,7,11-12,15,17-21H2,1,3-6H3. The molecule has 2 unspecified atom stereocenters. The van der Waals surface area contributed by atoms with Gasteiger partial charge in [0.15, 0.2) is 6.79 Å². The normalized spacial score (nSPS) is 19.7. The second-order valence-electron chi connectivity index (χ2n) is 13.7. The number of carbonyl (C=O) groups excluding carboxylic acids is 1. The molecule has 3 aromatic rings. The monoisotopic (exact) mass is 660 g/mol. The zero-order valence-corrected chi connectivity index (χ0v) is 28.4. The van der Waals surface area contributed by atoms with Crippen molar-refractivity contribution in [2.75, 3.05) is 49.9 Å². The van der Waals surface area contributed by atoms with Crippen molar-refractivity contribution < 1.29 is 28.5 Å². The van der Waals surface area contributed by atoms with E-state index in [1.807, 2.05) is 54.8 Å². The van der Waals surface area contributed by atoms with E-state index in [0.29, 0.717) is 55.0 Å². The number of anilines is 2. The molecule has 12 heteroatoms. The smallest absolute Gasteiger partial charge is 0.410 e. The Balaban J connectivity index is 1.38. The summed E-state index contributed by atoms with van der Waals surface area (Å²) < 4.78 is 31.5. The molecule has 0 radical (unpaired) electrons. The lowest BCUT2D eigenvalue weighted by atomic mass is 9.96. The Morgan fingerprint density at radius 3 is 2.48 bits per heavy atom. The lowest BCUT2D eigenvalue weighted by molar-refractivity contribution is 0.0122. The number of hydrogen-bond acceptors (Lipinski definition) is 10. The fourth-order valence-electron chi connectivity index (χ4n) is 6.84. The first-order valence-electron chi connectivity index (χ1n) is 16.6. The van der Waals surface area contributed by atoms with Crippen molar-refractivity contribution >= 4 is 40.5 Å². The number of rotatable bonds is 10. The molecule has 3 fully saturated rings. The van der Waals surface area contributed by atoms with Crippen molar-refractivity contribution in [3.8, 4) is 5.75 Å². The van der Waals surface area contributed by atoms with Gasteiger partial charge in [0.05, 0.1) is 35.1 Å². The van der Waals surface area contributed by atoms with E-state index in [1.54, 1.807) is 13.3 Å². The van der Waals surface area contributed by atoms with Gasteiger partial charge in [-0.15, -0.1) is 0 Å². The van der Waals surface area contributed by atoms with Crippen LogP contribution in [0.15, 0.2) is 41.9 Å². The van der Waals surface area contributed by atoms with Gasteiger partial charge in [0, 0.05) is 45.1 Å². The van der Waals surface area contributed by atoms with Crippen LogP contribution in [0.3, 0.4) is 0 Å². The molecular weight excluding hydrogens is 615 g/mol. The number of piperazine rings is 1. The summed E-state index contributed by atoms with van der Waals surface area (Å²) in [6, 6.07) is 9.84. The molecule has 0 spiro atoms. The third-order valence-corrected chi connectivity index (χ3v) is 9.07. The molecule has 3 aliphatic rings. The number of alkyl halides is 1. The van der Waals surface area contributed by atoms with Gasteiger partial charge in [-0.05, 0) is 68.5 Å². The van der Waals surface area contributed by atoms with Crippen molar-refractivity contribution in [3.05, 3.63) is 59.3 Å². The van der Waals surface area contributed by atoms with Crippen molar-refractivity contribution in [3.63, 3.8) is 0 Å². The number of aliphatic imine (C=N–C) groups is 1. The highest BCUT2D eigenvalue weighted by molar-refractivity contribution is 5.99. The van der Waals surface area contributed by atoms with E-state index >= 15 is 0 Å². The van der Waals surface area contributed by atoms with Gasteiger partial charge in [-0.1, -0.05) is 31.7 Å². The van der Waals surface area contributed by atoms with Crippen molar-refractivity contribution in [1.29, 1.82) is 0 Å². The third kappa shape index (κ3) is 6.82. The Kier molecular flexibility index (Phi) is 9.57. The number of aryl methyl sites for hydroxylation is 1. The predicted molar refractivity (Wildman–Crippen MR) is 185 cm³/mol. The van der Waals surface area contributed by atoms with E-state index in [0.717, 1.165) is 41.2 Å². The average molecular weight is 661 g/mol. The lowest BCUT2D eigenvalue weighted by Gasteiger charge is -2.42. The quantitative estimate of drug-likeness (QED) is 0.222. The van der Waals surface area contributed by atoms with Gasteiger partial charge in [-0.2, -0.15) is 4.98 Å². The second kappa shape index (κ2) is 13.7. The number of benzene rings is 2. The number of aliphatic hydroxyl groups excluding tert-OH is 1.